The number of hydrogen-bond donors (Lipinski definition) is 2. The van der Waals surface area contributed by atoms with E-state index in [0.717, 1.165) is 25.9 Å². The molecule has 0 saturated carbocycles. The Kier molecular flexibility index (Phi) is 5.98. The van der Waals surface area contributed by atoms with E-state index in [0.29, 0.717) is 19.6 Å². The fraction of sp³-hybridized carbons (Fsp3) is 0.625. The zero-order valence-corrected chi connectivity index (χ0v) is 12.3. The first kappa shape index (κ1) is 15.4. The van der Waals surface area contributed by atoms with Gasteiger partial charge in [0.15, 0.2) is 0 Å². The molecule has 1 aromatic carbocycles. The first-order chi connectivity index (χ1) is 9.63. The summed E-state index contributed by atoms with van der Waals surface area (Å²) in [6.45, 7) is 3.83. The number of nitrogens with zero attached hydrogens (tertiary/aromatic N) is 2. The summed E-state index contributed by atoms with van der Waals surface area (Å²) in [5.74, 6) is 0. The van der Waals surface area contributed by atoms with Gasteiger partial charge in [-0.3, -0.25) is 9.80 Å². The molecular weight excluding hydrogens is 252 g/mol. The average Bonchev–Trinajstić information content (AvgIpc) is 2.39. The van der Waals surface area contributed by atoms with Crippen molar-refractivity contribution in [2.24, 2.45) is 0 Å². The van der Waals surface area contributed by atoms with Crippen molar-refractivity contribution < 1.29 is 10.2 Å². The fourth-order valence-corrected chi connectivity index (χ4v) is 2.87. The minimum Gasteiger partial charge on any atom is -0.392 e. The highest BCUT2D eigenvalue weighted by molar-refractivity contribution is 5.14. The van der Waals surface area contributed by atoms with Crippen LogP contribution in [0.5, 0.6) is 0 Å². The van der Waals surface area contributed by atoms with Gasteiger partial charge in [0, 0.05) is 26.2 Å². The number of benzene rings is 1. The number of β-amino-alcohol motifs (C(OH)–C–C–N with tert-alkyl or cyclic N) is 2. The molecule has 1 saturated heterocycles. The first-order valence-electron chi connectivity index (χ1n) is 7.44. The fourth-order valence-electron chi connectivity index (χ4n) is 2.87. The van der Waals surface area contributed by atoms with Crippen LogP contribution in [0.25, 0.3) is 0 Å². The van der Waals surface area contributed by atoms with Crippen LogP contribution >= 0.6 is 0 Å². The number of aliphatic hydroxyl groups is 2. The van der Waals surface area contributed by atoms with Crippen LogP contribution in [-0.2, 0) is 6.54 Å². The molecule has 4 nitrogen and oxygen atoms in total. The Labute approximate surface area is 121 Å². The van der Waals surface area contributed by atoms with Gasteiger partial charge in [-0.05, 0) is 32.0 Å². The third-order valence-corrected chi connectivity index (χ3v) is 3.77. The maximum Gasteiger partial charge on any atom is 0.0793 e. The van der Waals surface area contributed by atoms with Crippen LogP contribution < -0.4 is 0 Å². The molecule has 2 atom stereocenters. The van der Waals surface area contributed by atoms with Crippen molar-refractivity contribution in [3.05, 3.63) is 35.9 Å². The number of likely N-dealkylation sites (N-methyl/N-ethyl adjacent to an activating group) is 1. The van der Waals surface area contributed by atoms with Crippen LogP contribution in [0.2, 0.25) is 0 Å². The molecule has 20 heavy (non-hydrogen) atoms. The van der Waals surface area contributed by atoms with Gasteiger partial charge in [-0.1, -0.05) is 30.3 Å². The molecule has 0 amide bonds. The van der Waals surface area contributed by atoms with E-state index in [2.05, 4.69) is 21.9 Å². The summed E-state index contributed by atoms with van der Waals surface area (Å²) in [7, 11) is 2.03. The molecule has 0 spiro atoms. The maximum absolute atomic E-state index is 10.2. The summed E-state index contributed by atoms with van der Waals surface area (Å²) in [6.07, 6.45) is 1.32. The van der Waals surface area contributed by atoms with Gasteiger partial charge in [-0.15, -0.1) is 0 Å². The summed E-state index contributed by atoms with van der Waals surface area (Å²) >= 11 is 0. The van der Waals surface area contributed by atoms with Crippen LogP contribution in [0.3, 0.4) is 0 Å². The minimum atomic E-state index is -0.367. The van der Waals surface area contributed by atoms with Gasteiger partial charge >= 0.3 is 0 Å². The predicted octanol–water partition coefficient (Wildman–Crippen LogP) is 0.936. The van der Waals surface area contributed by atoms with Gasteiger partial charge in [-0.25, -0.2) is 0 Å². The number of aliphatic hydroxyl groups excluding tert-OH is 2. The van der Waals surface area contributed by atoms with Gasteiger partial charge in [0.25, 0.3) is 0 Å². The molecule has 2 N–H and O–H groups in total. The summed E-state index contributed by atoms with van der Waals surface area (Å²) in [6, 6.07) is 10.3. The van der Waals surface area contributed by atoms with E-state index in [1.54, 1.807) is 0 Å². The van der Waals surface area contributed by atoms with Crippen LogP contribution in [0.4, 0.5) is 0 Å². The van der Waals surface area contributed by atoms with E-state index in [-0.39, 0.29) is 12.2 Å². The van der Waals surface area contributed by atoms with Crippen LogP contribution in [-0.4, -0.2) is 65.4 Å². The lowest BCUT2D eigenvalue weighted by atomic mass is 10.1. The van der Waals surface area contributed by atoms with Crippen molar-refractivity contribution in [2.75, 3.05) is 33.2 Å². The molecule has 4 heteroatoms. The average molecular weight is 278 g/mol. The number of rotatable bonds is 6. The molecule has 0 aromatic heterocycles. The molecule has 0 bridgehead atoms. The second kappa shape index (κ2) is 7.74. The van der Waals surface area contributed by atoms with E-state index in [1.165, 1.54) is 5.56 Å². The lowest BCUT2D eigenvalue weighted by Crippen LogP contribution is -2.44. The number of likely N-dealkylation sites (tertiary alicyclic amines) is 1. The lowest BCUT2D eigenvalue weighted by molar-refractivity contribution is 0.0295. The zero-order chi connectivity index (χ0) is 14.4. The van der Waals surface area contributed by atoms with Crippen molar-refractivity contribution in [1.82, 2.24) is 9.80 Å². The third-order valence-electron chi connectivity index (χ3n) is 3.77. The molecule has 0 radical (unpaired) electrons. The Balaban J connectivity index is 1.72. The molecule has 112 valence electrons. The monoisotopic (exact) mass is 278 g/mol. The Hall–Kier alpha value is -0.940. The van der Waals surface area contributed by atoms with E-state index >= 15 is 0 Å². The summed E-state index contributed by atoms with van der Waals surface area (Å²) in [4.78, 5) is 4.30. The van der Waals surface area contributed by atoms with Crippen LogP contribution in [0.1, 0.15) is 18.4 Å². The molecular formula is C16H26N2O2. The Morgan fingerprint density at radius 1 is 1.35 bits per heavy atom. The van der Waals surface area contributed by atoms with E-state index < -0.39 is 0 Å². The van der Waals surface area contributed by atoms with E-state index in [9.17, 15) is 10.2 Å². The smallest absolute Gasteiger partial charge is 0.0793 e. The summed E-state index contributed by atoms with van der Waals surface area (Å²) < 4.78 is 0. The summed E-state index contributed by atoms with van der Waals surface area (Å²) in [5, 5.41) is 19.8. The highest BCUT2D eigenvalue weighted by Gasteiger charge is 2.20. The van der Waals surface area contributed by atoms with Gasteiger partial charge in [0.1, 0.15) is 0 Å². The Bertz CT molecular complexity index is 385. The number of hydrogen-bond acceptors (Lipinski definition) is 4. The normalized spacial score (nSPS) is 22.1. The highest BCUT2D eigenvalue weighted by Crippen LogP contribution is 2.10. The van der Waals surface area contributed by atoms with E-state index in [4.69, 9.17) is 0 Å². The molecule has 1 fully saturated rings. The summed E-state index contributed by atoms with van der Waals surface area (Å²) in [5.41, 5.74) is 1.26. The lowest BCUT2D eigenvalue weighted by Gasteiger charge is -2.32. The Morgan fingerprint density at radius 2 is 2.10 bits per heavy atom. The van der Waals surface area contributed by atoms with E-state index in [1.807, 2.05) is 25.2 Å². The largest absolute Gasteiger partial charge is 0.392 e. The molecule has 1 aliphatic rings. The van der Waals surface area contributed by atoms with Gasteiger partial charge < -0.3 is 10.2 Å². The van der Waals surface area contributed by atoms with Crippen molar-refractivity contribution in [1.29, 1.82) is 0 Å². The standard InChI is InChI=1S/C16H26N2O2/c1-17(10-14-6-3-2-4-7-14)11-16(20)13-18-9-5-8-15(19)12-18/h2-4,6-7,15-16,19-20H,5,8-13H2,1H3/t15-,16-/m1/s1. The van der Waals surface area contributed by atoms with Gasteiger partial charge in [0.2, 0.25) is 0 Å². The highest BCUT2D eigenvalue weighted by atomic mass is 16.3. The zero-order valence-electron chi connectivity index (χ0n) is 12.3. The minimum absolute atomic E-state index is 0.224. The molecule has 1 aromatic rings. The van der Waals surface area contributed by atoms with Crippen LogP contribution in [0.15, 0.2) is 30.3 Å². The van der Waals surface area contributed by atoms with Crippen molar-refractivity contribution in [3.63, 3.8) is 0 Å². The van der Waals surface area contributed by atoms with Crippen molar-refractivity contribution in [3.8, 4) is 0 Å². The Morgan fingerprint density at radius 3 is 2.80 bits per heavy atom. The van der Waals surface area contributed by atoms with Crippen molar-refractivity contribution in [2.45, 2.75) is 31.6 Å². The quantitative estimate of drug-likeness (QED) is 0.813. The first-order valence-corrected chi connectivity index (χ1v) is 7.44. The molecule has 0 aliphatic carbocycles. The predicted molar refractivity (Wildman–Crippen MR) is 80.5 cm³/mol. The third kappa shape index (κ3) is 5.21. The maximum atomic E-state index is 10.2. The van der Waals surface area contributed by atoms with Crippen LogP contribution in [0, 0.1) is 0 Å². The van der Waals surface area contributed by atoms with Crippen molar-refractivity contribution >= 4 is 0 Å². The molecule has 1 heterocycles. The second-order valence-corrected chi connectivity index (χ2v) is 5.89. The SMILES string of the molecule is CN(Cc1ccccc1)C[C@@H](O)CN1CCC[C@@H](O)C1. The van der Waals surface area contributed by atoms with Gasteiger partial charge in [-0.2, -0.15) is 0 Å². The molecule has 0 unspecified atom stereocenters. The topological polar surface area (TPSA) is 46.9 Å². The van der Waals surface area contributed by atoms with Gasteiger partial charge in [0.05, 0.1) is 12.2 Å². The number of piperidine rings is 1. The molecule has 1 aliphatic heterocycles. The molecule has 2 rings (SSSR count). The second-order valence-electron chi connectivity index (χ2n) is 5.89.